The fourth-order valence-electron chi connectivity index (χ4n) is 1.29. The minimum Gasteiger partial charge on any atom is -0.398 e. The van der Waals surface area contributed by atoms with Crippen LogP contribution in [-0.4, -0.2) is 23.7 Å². The molecule has 0 fully saturated rings. The lowest BCUT2D eigenvalue weighted by Crippen LogP contribution is -2.35. The Morgan fingerprint density at radius 3 is 2.50 bits per heavy atom. The van der Waals surface area contributed by atoms with Gasteiger partial charge in [0, 0.05) is 18.3 Å². The van der Waals surface area contributed by atoms with Crippen molar-refractivity contribution in [3.05, 3.63) is 29.3 Å². The van der Waals surface area contributed by atoms with E-state index in [9.17, 15) is 18.7 Å². The maximum atomic E-state index is 13.0. The third kappa shape index (κ3) is 3.40. The van der Waals surface area contributed by atoms with Gasteiger partial charge in [0.05, 0.1) is 11.7 Å². The highest BCUT2D eigenvalue weighted by Gasteiger charge is 2.16. The number of aliphatic hydroxyl groups is 1. The third-order valence-corrected chi connectivity index (χ3v) is 2.58. The number of rotatable bonds is 4. The van der Waals surface area contributed by atoms with Gasteiger partial charge in [0.1, 0.15) is 0 Å². The van der Waals surface area contributed by atoms with Crippen LogP contribution in [0.4, 0.5) is 14.5 Å². The first-order valence-electron chi connectivity index (χ1n) is 5.53. The summed E-state index contributed by atoms with van der Waals surface area (Å²) in [6.45, 7) is 3.61. The minimum atomic E-state index is -1.14. The SMILES string of the molecule is CC(C)C(O)CNC(=O)c1cc(F)c(F)cc1N. The van der Waals surface area contributed by atoms with E-state index < -0.39 is 23.6 Å². The molecule has 0 aromatic heterocycles. The zero-order valence-corrected chi connectivity index (χ0v) is 10.2. The summed E-state index contributed by atoms with van der Waals surface area (Å²) in [5.74, 6) is -2.91. The van der Waals surface area contributed by atoms with Crippen molar-refractivity contribution >= 4 is 11.6 Å². The molecule has 0 radical (unpaired) electrons. The molecule has 0 aliphatic carbocycles. The van der Waals surface area contributed by atoms with E-state index in [0.29, 0.717) is 0 Å². The second-order valence-electron chi connectivity index (χ2n) is 4.37. The van der Waals surface area contributed by atoms with Crippen molar-refractivity contribution in [3.63, 3.8) is 0 Å². The van der Waals surface area contributed by atoms with E-state index in [1.54, 1.807) is 13.8 Å². The maximum Gasteiger partial charge on any atom is 0.253 e. The zero-order chi connectivity index (χ0) is 13.9. The van der Waals surface area contributed by atoms with Crippen LogP contribution in [0.3, 0.4) is 0 Å². The van der Waals surface area contributed by atoms with E-state index in [2.05, 4.69) is 5.32 Å². The molecule has 1 atom stereocenters. The van der Waals surface area contributed by atoms with Gasteiger partial charge < -0.3 is 16.2 Å². The molecule has 1 aromatic rings. The summed E-state index contributed by atoms with van der Waals surface area (Å²) in [7, 11) is 0. The number of nitrogens with one attached hydrogen (secondary N) is 1. The number of anilines is 1. The summed E-state index contributed by atoms with van der Waals surface area (Å²) in [6.07, 6.45) is -0.708. The van der Waals surface area contributed by atoms with Crippen molar-refractivity contribution in [2.45, 2.75) is 20.0 Å². The summed E-state index contributed by atoms with van der Waals surface area (Å²) in [6, 6.07) is 1.49. The molecule has 1 aromatic carbocycles. The molecule has 0 saturated heterocycles. The highest BCUT2D eigenvalue weighted by Crippen LogP contribution is 2.16. The lowest BCUT2D eigenvalue weighted by molar-refractivity contribution is 0.0872. The van der Waals surface area contributed by atoms with Gasteiger partial charge in [-0.3, -0.25) is 4.79 Å². The van der Waals surface area contributed by atoms with Gasteiger partial charge in [0.15, 0.2) is 11.6 Å². The van der Waals surface area contributed by atoms with Gasteiger partial charge in [0.25, 0.3) is 5.91 Å². The van der Waals surface area contributed by atoms with Gasteiger partial charge in [0.2, 0.25) is 0 Å². The molecule has 0 heterocycles. The smallest absolute Gasteiger partial charge is 0.253 e. The Balaban J connectivity index is 2.76. The average molecular weight is 258 g/mol. The van der Waals surface area contributed by atoms with Gasteiger partial charge >= 0.3 is 0 Å². The fourth-order valence-corrected chi connectivity index (χ4v) is 1.29. The number of hydrogen-bond acceptors (Lipinski definition) is 3. The van der Waals surface area contributed by atoms with Crippen LogP contribution >= 0.6 is 0 Å². The third-order valence-electron chi connectivity index (χ3n) is 2.58. The quantitative estimate of drug-likeness (QED) is 0.712. The Hall–Kier alpha value is -1.69. The first kappa shape index (κ1) is 14.4. The van der Waals surface area contributed by atoms with E-state index >= 15 is 0 Å². The van der Waals surface area contributed by atoms with Gasteiger partial charge in [-0.1, -0.05) is 13.8 Å². The molecular weight excluding hydrogens is 242 g/mol. The molecule has 4 nitrogen and oxygen atoms in total. The fraction of sp³-hybridized carbons (Fsp3) is 0.417. The Labute approximate surface area is 104 Å². The first-order valence-corrected chi connectivity index (χ1v) is 5.53. The summed E-state index contributed by atoms with van der Waals surface area (Å²) in [5.41, 5.74) is 5.13. The molecular formula is C12H16F2N2O2. The Kier molecular flexibility index (Phi) is 4.61. The highest BCUT2D eigenvalue weighted by molar-refractivity contribution is 5.99. The standard InChI is InChI=1S/C12H16F2N2O2/c1-6(2)11(17)5-16-12(18)7-3-8(13)9(14)4-10(7)15/h3-4,6,11,17H,5,15H2,1-2H3,(H,16,18). The van der Waals surface area contributed by atoms with Crippen LogP contribution in [0.25, 0.3) is 0 Å². The molecule has 1 rings (SSSR count). The van der Waals surface area contributed by atoms with Crippen molar-refractivity contribution in [2.75, 3.05) is 12.3 Å². The summed E-state index contributed by atoms with van der Waals surface area (Å²) < 4.78 is 25.8. The molecule has 100 valence electrons. The molecule has 0 bridgehead atoms. The minimum absolute atomic E-state index is 0.0207. The van der Waals surface area contributed by atoms with Crippen LogP contribution in [0.15, 0.2) is 12.1 Å². The molecule has 0 spiro atoms. The van der Waals surface area contributed by atoms with Crippen molar-refractivity contribution in [2.24, 2.45) is 5.92 Å². The predicted octanol–water partition coefficient (Wildman–Crippen LogP) is 1.29. The molecule has 18 heavy (non-hydrogen) atoms. The second kappa shape index (κ2) is 5.77. The Morgan fingerprint density at radius 1 is 1.39 bits per heavy atom. The lowest BCUT2D eigenvalue weighted by atomic mass is 10.1. The molecule has 0 aliphatic rings. The molecule has 0 saturated carbocycles. The number of halogens is 2. The lowest BCUT2D eigenvalue weighted by Gasteiger charge is -2.15. The number of amides is 1. The maximum absolute atomic E-state index is 13.0. The zero-order valence-electron chi connectivity index (χ0n) is 10.2. The summed E-state index contributed by atoms with van der Waals surface area (Å²) in [5, 5.41) is 11.9. The van der Waals surface area contributed by atoms with Gasteiger partial charge in [-0.2, -0.15) is 0 Å². The van der Waals surface area contributed by atoms with Crippen LogP contribution in [0, 0.1) is 17.6 Å². The van der Waals surface area contributed by atoms with Gasteiger partial charge in [-0.25, -0.2) is 8.78 Å². The van der Waals surface area contributed by atoms with Crippen LogP contribution < -0.4 is 11.1 Å². The second-order valence-corrected chi connectivity index (χ2v) is 4.37. The van der Waals surface area contributed by atoms with E-state index in [4.69, 9.17) is 5.73 Å². The number of hydrogen-bond donors (Lipinski definition) is 3. The number of carbonyl (C=O) groups is 1. The number of nitrogen functional groups attached to an aromatic ring is 1. The normalized spacial score (nSPS) is 12.6. The van der Waals surface area contributed by atoms with Crippen LogP contribution in [0.1, 0.15) is 24.2 Å². The number of aliphatic hydroxyl groups excluding tert-OH is 1. The van der Waals surface area contributed by atoms with E-state index in [1.165, 1.54) is 0 Å². The summed E-state index contributed by atoms with van der Waals surface area (Å²) in [4.78, 5) is 11.7. The molecule has 1 amide bonds. The molecule has 0 aliphatic heterocycles. The highest BCUT2D eigenvalue weighted by atomic mass is 19.2. The van der Waals surface area contributed by atoms with Crippen molar-refractivity contribution in [1.29, 1.82) is 0 Å². The van der Waals surface area contributed by atoms with Crippen molar-refractivity contribution in [1.82, 2.24) is 5.32 Å². The monoisotopic (exact) mass is 258 g/mol. The van der Waals surface area contributed by atoms with Crippen LogP contribution in [-0.2, 0) is 0 Å². The predicted molar refractivity (Wildman–Crippen MR) is 63.9 cm³/mol. The number of carbonyl (C=O) groups excluding carboxylic acids is 1. The topological polar surface area (TPSA) is 75.3 Å². The average Bonchev–Trinajstić information content (AvgIpc) is 2.30. The van der Waals surface area contributed by atoms with Gasteiger partial charge in [-0.05, 0) is 12.0 Å². The van der Waals surface area contributed by atoms with Crippen molar-refractivity contribution in [3.8, 4) is 0 Å². The molecule has 1 unspecified atom stereocenters. The van der Waals surface area contributed by atoms with Crippen LogP contribution in [0.2, 0.25) is 0 Å². The van der Waals surface area contributed by atoms with E-state index in [0.717, 1.165) is 12.1 Å². The molecule has 4 N–H and O–H groups in total. The Morgan fingerprint density at radius 2 is 1.94 bits per heavy atom. The Bertz CT molecular complexity index is 450. The van der Waals surface area contributed by atoms with Crippen LogP contribution in [0.5, 0.6) is 0 Å². The molecule has 6 heteroatoms. The van der Waals surface area contributed by atoms with E-state index in [1.807, 2.05) is 0 Å². The van der Waals surface area contributed by atoms with Crippen molar-refractivity contribution < 1.29 is 18.7 Å². The number of benzene rings is 1. The van der Waals surface area contributed by atoms with Gasteiger partial charge in [-0.15, -0.1) is 0 Å². The summed E-state index contributed by atoms with van der Waals surface area (Å²) >= 11 is 0. The first-order chi connectivity index (χ1) is 8.32. The largest absolute Gasteiger partial charge is 0.398 e. The van der Waals surface area contributed by atoms with E-state index in [-0.39, 0.29) is 23.7 Å². The number of nitrogens with two attached hydrogens (primary N) is 1.